The van der Waals surface area contributed by atoms with Crippen LogP contribution in [0.2, 0.25) is 0 Å². The highest BCUT2D eigenvalue weighted by Gasteiger charge is 2.12. The smallest absolute Gasteiger partial charge is 0.246 e. The van der Waals surface area contributed by atoms with Crippen LogP contribution in [0.3, 0.4) is 0 Å². The summed E-state index contributed by atoms with van der Waals surface area (Å²) >= 11 is 0. The molecule has 5 nitrogen and oxygen atoms in total. The normalized spacial score (nSPS) is 12.0. The monoisotopic (exact) mass is 389 g/mol. The van der Waals surface area contributed by atoms with Gasteiger partial charge in [0.1, 0.15) is 18.3 Å². The second kappa shape index (κ2) is 15.6. The van der Waals surface area contributed by atoms with Gasteiger partial charge in [-0.1, -0.05) is 68.0 Å². The molecule has 0 rings (SSSR count). The minimum Gasteiger partial charge on any atom is -0.369 e. The van der Waals surface area contributed by atoms with Gasteiger partial charge in [-0.05, 0) is 0 Å². The first-order valence-corrected chi connectivity index (χ1v) is 10.9. The van der Waals surface area contributed by atoms with Gasteiger partial charge in [0, 0.05) is 23.5 Å². The predicted molar refractivity (Wildman–Crippen MR) is 106 cm³/mol. The molecule has 25 heavy (non-hydrogen) atoms. The van der Waals surface area contributed by atoms with Crippen LogP contribution in [0, 0.1) is 23.7 Å². The summed E-state index contributed by atoms with van der Waals surface area (Å²) in [6.07, 6.45) is 0.592. The molecule has 1 unspecified atom stereocenters. The van der Waals surface area contributed by atoms with E-state index < -0.39 is 0 Å². The molecule has 1 atom stereocenters. The molecule has 0 radical (unpaired) electrons. The van der Waals surface area contributed by atoms with E-state index in [1.165, 1.54) is 0 Å². The number of hydrogen-bond acceptors (Lipinski definition) is 6. The molecule has 0 aliphatic rings. The number of carbonyl (C=O) groups excluding carboxylic acids is 2. The predicted octanol–water partition coefficient (Wildman–Crippen LogP) is 3.14. The van der Waals surface area contributed by atoms with Gasteiger partial charge >= 0.3 is 0 Å². The number of Topliss-reactive ketones (excluding diaryl/α,β-unsaturated/α-hetero) is 1. The van der Waals surface area contributed by atoms with Crippen LogP contribution in [0.25, 0.3) is 0 Å². The van der Waals surface area contributed by atoms with Gasteiger partial charge in [0.05, 0.1) is 19.8 Å². The lowest BCUT2D eigenvalue weighted by molar-refractivity contribution is -0.126. The number of hydrogen-bond donors (Lipinski definition) is 1. The standard InChI is InChI=1S/C18H31NO4S2/c1-14(2)7-6-8-19-18(21)12-22-9-10-23-13-24-25-16(5)11-17(20)15(3)4/h14-16H,8-13H2,1-5H3,(H,19,21). The van der Waals surface area contributed by atoms with Crippen LogP contribution in [-0.4, -0.2) is 49.2 Å². The summed E-state index contributed by atoms with van der Waals surface area (Å²) in [5, 5.41) is 2.95. The zero-order valence-electron chi connectivity index (χ0n) is 15.9. The Labute approximate surface area is 160 Å². The van der Waals surface area contributed by atoms with E-state index in [1.807, 2.05) is 34.6 Å². The van der Waals surface area contributed by atoms with Crippen molar-refractivity contribution in [2.75, 3.05) is 32.3 Å². The van der Waals surface area contributed by atoms with Crippen molar-refractivity contribution in [2.45, 2.75) is 46.3 Å². The molecular formula is C18H31NO4S2. The van der Waals surface area contributed by atoms with Gasteiger partial charge in [-0.2, -0.15) is 0 Å². The van der Waals surface area contributed by atoms with E-state index in [9.17, 15) is 9.59 Å². The summed E-state index contributed by atoms with van der Waals surface area (Å²) in [6.45, 7) is 11.1. The van der Waals surface area contributed by atoms with Crippen molar-refractivity contribution in [3.63, 3.8) is 0 Å². The Morgan fingerprint density at radius 3 is 2.40 bits per heavy atom. The molecule has 0 heterocycles. The van der Waals surface area contributed by atoms with E-state index in [2.05, 4.69) is 17.2 Å². The first-order valence-electron chi connectivity index (χ1n) is 8.54. The Kier molecular flexibility index (Phi) is 15.1. The van der Waals surface area contributed by atoms with Crippen molar-refractivity contribution in [2.24, 2.45) is 11.8 Å². The van der Waals surface area contributed by atoms with Crippen LogP contribution < -0.4 is 5.32 Å². The zero-order valence-corrected chi connectivity index (χ0v) is 17.6. The summed E-state index contributed by atoms with van der Waals surface area (Å²) in [5.74, 6) is 6.91. The average Bonchev–Trinajstić information content (AvgIpc) is 2.53. The lowest BCUT2D eigenvalue weighted by Crippen LogP contribution is -2.28. The summed E-state index contributed by atoms with van der Waals surface area (Å²) in [4.78, 5) is 23.1. The van der Waals surface area contributed by atoms with Gasteiger partial charge in [-0.15, -0.1) is 0 Å². The van der Waals surface area contributed by atoms with Crippen LogP contribution in [0.1, 0.15) is 41.0 Å². The quantitative estimate of drug-likeness (QED) is 0.226. The third-order valence-electron chi connectivity index (χ3n) is 2.87. The zero-order chi connectivity index (χ0) is 19.1. The number of amides is 1. The average molecular weight is 390 g/mol. The largest absolute Gasteiger partial charge is 0.369 e. The molecule has 0 spiro atoms. The van der Waals surface area contributed by atoms with Gasteiger partial charge in [0.2, 0.25) is 5.91 Å². The highest BCUT2D eigenvalue weighted by Crippen LogP contribution is 2.29. The van der Waals surface area contributed by atoms with Crippen molar-refractivity contribution in [3.8, 4) is 11.8 Å². The Morgan fingerprint density at radius 2 is 1.76 bits per heavy atom. The number of rotatable bonds is 13. The van der Waals surface area contributed by atoms with Gasteiger partial charge in [-0.25, -0.2) is 0 Å². The van der Waals surface area contributed by atoms with E-state index in [0.29, 0.717) is 43.8 Å². The highest BCUT2D eigenvalue weighted by atomic mass is 33.1. The topological polar surface area (TPSA) is 64.6 Å². The summed E-state index contributed by atoms with van der Waals surface area (Å²) in [7, 11) is 3.24. The number of nitrogens with one attached hydrogen (secondary N) is 1. The molecule has 0 aliphatic heterocycles. The molecule has 7 heteroatoms. The maximum atomic E-state index is 11.6. The molecular weight excluding hydrogens is 358 g/mol. The van der Waals surface area contributed by atoms with Crippen molar-refractivity contribution in [1.29, 1.82) is 0 Å². The fourth-order valence-electron chi connectivity index (χ4n) is 1.52. The van der Waals surface area contributed by atoms with Gasteiger partial charge in [-0.3, -0.25) is 9.59 Å². The minimum atomic E-state index is -0.174. The third-order valence-corrected chi connectivity index (χ3v) is 5.44. The van der Waals surface area contributed by atoms with Crippen molar-refractivity contribution < 1.29 is 19.1 Å². The molecule has 0 saturated carbocycles. The number of ether oxygens (including phenoxy) is 2. The molecule has 0 fully saturated rings. The number of carbonyl (C=O) groups is 2. The molecule has 1 amide bonds. The van der Waals surface area contributed by atoms with Crippen LogP contribution >= 0.6 is 21.6 Å². The fourth-order valence-corrected chi connectivity index (χ4v) is 3.50. The van der Waals surface area contributed by atoms with Crippen LogP contribution in [0.5, 0.6) is 0 Å². The van der Waals surface area contributed by atoms with E-state index >= 15 is 0 Å². The molecule has 0 saturated heterocycles. The van der Waals surface area contributed by atoms with E-state index in [-0.39, 0.29) is 23.7 Å². The highest BCUT2D eigenvalue weighted by molar-refractivity contribution is 8.76. The molecule has 0 bridgehead atoms. The van der Waals surface area contributed by atoms with Crippen molar-refractivity contribution >= 4 is 33.3 Å². The molecule has 1 N–H and O–H groups in total. The van der Waals surface area contributed by atoms with Crippen LogP contribution in [0.15, 0.2) is 0 Å². The Hall–Kier alpha value is -0.680. The van der Waals surface area contributed by atoms with E-state index in [4.69, 9.17) is 9.47 Å². The first kappa shape index (κ1) is 24.3. The second-order valence-electron chi connectivity index (χ2n) is 6.18. The van der Waals surface area contributed by atoms with Crippen LogP contribution in [-0.2, 0) is 19.1 Å². The molecule has 0 aromatic rings. The van der Waals surface area contributed by atoms with E-state index in [1.54, 1.807) is 21.6 Å². The second-order valence-corrected chi connectivity index (χ2v) is 8.93. The summed E-state index contributed by atoms with van der Waals surface area (Å²) < 4.78 is 10.7. The lowest BCUT2D eigenvalue weighted by atomic mass is 10.1. The summed E-state index contributed by atoms with van der Waals surface area (Å²) in [5.41, 5.74) is 0. The maximum Gasteiger partial charge on any atom is 0.246 e. The molecule has 0 aromatic carbocycles. The minimum absolute atomic E-state index is 0.0168. The third kappa shape index (κ3) is 16.5. The van der Waals surface area contributed by atoms with Gasteiger partial charge < -0.3 is 14.8 Å². The SMILES string of the molecule is CC(C)C#CCNC(=O)COCCOCSSC(C)CC(=O)C(C)C. The van der Waals surface area contributed by atoms with Crippen molar-refractivity contribution in [1.82, 2.24) is 5.32 Å². The van der Waals surface area contributed by atoms with Crippen LogP contribution in [0.4, 0.5) is 0 Å². The number of ketones is 1. The molecule has 0 aromatic heterocycles. The molecule has 0 aliphatic carbocycles. The molecule has 144 valence electrons. The Bertz CT molecular complexity index is 444. The Balaban J connectivity index is 3.45. The summed E-state index contributed by atoms with van der Waals surface area (Å²) in [6, 6.07) is 0. The maximum absolute atomic E-state index is 11.6. The Morgan fingerprint density at radius 1 is 1.08 bits per heavy atom. The van der Waals surface area contributed by atoms with E-state index in [0.717, 1.165) is 0 Å². The van der Waals surface area contributed by atoms with Gasteiger partial charge in [0.15, 0.2) is 0 Å². The lowest BCUT2D eigenvalue weighted by Gasteiger charge is -2.11. The van der Waals surface area contributed by atoms with Gasteiger partial charge in [0.25, 0.3) is 0 Å². The fraction of sp³-hybridized carbons (Fsp3) is 0.778. The first-order chi connectivity index (χ1) is 11.8. The van der Waals surface area contributed by atoms with Crippen molar-refractivity contribution in [3.05, 3.63) is 0 Å².